The Morgan fingerprint density at radius 2 is 1.88 bits per heavy atom. The lowest BCUT2D eigenvalue weighted by atomic mass is 9.92. The molecular weight excluding hydrogens is 328 g/mol. The zero-order valence-electron chi connectivity index (χ0n) is 15.1. The summed E-state index contributed by atoms with van der Waals surface area (Å²) < 4.78 is 11.0. The first-order chi connectivity index (χ1) is 12.8. The van der Waals surface area contributed by atoms with Crippen LogP contribution in [0.2, 0.25) is 0 Å². The highest BCUT2D eigenvalue weighted by Crippen LogP contribution is 2.63. The number of aromatic nitrogens is 2. The minimum Gasteiger partial charge on any atom is -0.379 e. The minimum atomic E-state index is 0.428. The van der Waals surface area contributed by atoms with Gasteiger partial charge in [-0.1, -0.05) is 29.4 Å². The Balaban J connectivity index is 1.25. The Hall–Kier alpha value is -1.76. The van der Waals surface area contributed by atoms with Crippen LogP contribution in [0.5, 0.6) is 0 Å². The molecule has 2 aliphatic heterocycles. The van der Waals surface area contributed by atoms with Gasteiger partial charge in [-0.05, 0) is 43.3 Å². The van der Waals surface area contributed by atoms with Crippen LogP contribution < -0.4 is 5.32 Å². The molecule has 2 aromatic rings. The number of rotatable bonds is 4. The third kappa shape index (κ3) is 3.17. The maximum atomic E-state index is 5.62. The number of nitrogens with zero attached hydrogens (tertiary/aromatic N) is 3. The predicted molar refractivity (Wildman–Crippen MR) is 97.7 cm³/mol. The van der Waals surface area contributed by atoms with Crippen LogP contribution in [0, 0.1) is 5.41 Å². The van der Waals surface area contributed by atoms with Crippen molar-refractivity contribution in [1.29, 1.82) is 0 Å². The van der Waals surface area contributed by atoms with E-state index in [-0.39, 0.29) is 0 Å². The van der Waals surface area contributed by atoms with Gasteiger partial charge < -0.3 is 14.6 Å². The highest BCUT2D eigenvalue weighted by molar-refractivity contribution is 5.54. The van der Waals surface area contributed by atoms with E-state index in [9.17, 15) is 0 Å². The molecule has 3 aliphatic rings. The van der Waals surface area contributed by atoms with Crippen LogP contribution in [-0.4, -0.2) is 54.4 Å². The van der Waals surface area contributed by atoms with Gasteiger partial charge in [0.25, 0.3) is 0 Å². The van der Waals surface area contributed by atoms with Crippen LogP contribution in [0.4, 0.5) is 0 Å². The quantitative estimate of drug-likeness (QED) is 0.910. The summed E-state index contributed by atoms with van der Waals surface area (Å²) in [5.41, 5.74) is 2.78. The Kier molecular flexibility index (Phi) is 4.27. The molecule has 3 fully saturated rings. The van der Waals surface area contributed by atoms with Crippen LogP contribution >= 0.6 is 0 Å². The third-order valence-corrected chi connectivity index (χ3v) is 6.25. The van der Waals surface area contributed by atoms with Gasteiger partial charge >= 0.3 is 0 Å². The summed E-state index contributed by atoms with van der Waals surface area (Å²) in [5, 5.41) is 7.68. The average molecular weight is 354 g/mol. The number of hydrogen-bond donors (Lipinski definition) is 1. The summed E-state index contributed by atoms with van der Waals surface area (Å²) in [6.07, 6.45) is 3.66. The van der Waals surface area contributed by atoms with Gasteiger partial charge in [0.2, 0.25) is 11.7 Å². The van der Waals surface area contributed by atoms with Gasteiger partial charge in [-0.15, -0.1) is 0 Å². The Morgan fingerprint density at radius 3 is 2.65 bits per heavy atom. The van der Waals surface area contributed by atoms with Crippen molar-refractivity contribution < 1.29 is 9.26 Å². The first kappa shape index (κ1) is 16.4. The van der Waals surface area contributed by atoms with Crippen molar-refractivity contribution in [3.8, 4) is 11.4 Å². The number of morpholine rings is 1. The van der Waals surface area contributed by atoms with Crippen molar-refractivity contribution in [3.05, 3.63) is 35.7 Å². The van der Waals surface area contributed by atoms with E-state index < -0.39 is 0 Å². The molecule has 6 heteroatoms. The summed E-state index contributed by atoms with van der Waals surface area (Å²) in [5.74, 6) is 2.01. The van der Waals surface area contributed by atoms with Crippen LogP contribution in [0.3, 0.4) is 0 Å². The molecule has 1 aliphatic carbocycles. The number of ether oxygens (including phenoxy) is 1. The number of hydrogen-bond acceptors (Lipinski definition) is 6. The largest absolute Gasteiger partial charge is 0.379 e. The Bertz CT molecular complexity index is 745. The van der Waals surface area contributed by atoms with Crippen LogP contribution in [0.1, 0.15) is 36.6 Å². The lowest BCUT2D eigenvalue weighted by Gasteiger charge is -2.26. The summed E-state index contributed by atoms with van der Waals surface area (Å²) in [7, 11) is 0. The van der Waals surface area contributed by atoms with Gasteiger partial charge in [-0.2, -0.15) is 4.98 Å². The zero-order chi connectivity index (χ0) is 17.4. The lowest BCUT2D eigenvalue weighted by molar-refractivity contribution is 0.0342. The second-order valence-corrected chi connectivity index (χ2v) is 7.91. The van der Waals surface area contributed by atoms with Crippen molar-refractivity contribution >= 4 is 0 Å². The normalized spacial score (nSPS) is 25.5. The predicted octanol–water partition coefficient (Wildman–Crippen LogP) is 2.43. The van der Waals surface area contributed by atoms with E-state index in [0.29, 0.717) is 17.2 Å². The maximum Gasteiger partial charge on any atom is 0.230 e. The van der Waals surface area contributed by atoms with Gasteiger partial charge in [0.15, 0.2) is 0 Å². The van der Waals surface area contributed by atoms with E-state index in [0.717, 1.165) is 57.4 Å². The summed E-state index contributed by atoms with van der Waals surface area (Å²) in [6, 6.07) is 8.56. The SMILES string of the molecule is c1cc(-c2noc(C3CC34CCNCC4)n2)ccc1CN1CCOCC1. The van der Waals surface area contributed by atoms with E-state index in [2.05, 4.69) is 39.6 Å². The Labute approximate surface area is 153 Å². The molecule has 0 radical (unpaired) electrons. The van der Waals surface area contributed by atoms with Gasteiger partial charge in [0.1, 0.15) is 0 Å². The van der Waals surface area contributed by atoms with E-state index in [4.69, 9.17) is 14.2 Å². The molecule has 5 rings (SSSR count). The van der Waals surface area contributed by atoms with Gasteiger partial charge in [-0.25, -0.2) is 0 Å². The van der Waals surface area contributed by atoms with Gasteiger partial charge in [0, 0.05) is 31.1 Å². The molecule has 1 N–H and O–H groups in total. The fraction of sp³-hybridized carbons (Fsp3) is 0.600. The first-order valence-corrected chi connectivity index (χ1v) is 9.76. The summed E-state index contributed by atoms with van der Waals surface area (Å²) in [6.45, 7) is 6.89. The zero-order valence-corrected chi connectivity index (χ0v) is 15.1. The molecular formula is C20H26N4O2. The van der Waals surface area contributed by atoms with Crippen LogP contribution in [0.15, 0.2) is 28.8 Å². The van der Waals surface area contributed by atoms with E-state index in [1.807, 2.05) is 0 Å². The fourth-order valence-electron chi connectivity index (χ4n) is 4.44. The third-order valence-electron chi connectivity index (χ3n) is 6.25. The average Bonchev–Trinajstić information content (AvgIpc) is 3.15. The molecule has 1 spiro atoms. The van der Waals surface area contributed by atoms with Crippen molar-refractivity contribution in [2.24, 2.45) is 5.41 Å². The van der Waals surface area contributed by atoms with Gasteiger partial charge in [0.05, 0.1) is 13.2 Å². The number of benzene rings is 1. The smallest absolute Gasteiger partial charge is 0.230 e. The van der Waals surface area contributed by atoms with Crippen molar-refractivity contribution in [3.63, 3.8) is 0 Å². The molecule has 1 unspecified atom stereocenters. The molecule has 0 bridgehead atoms. The maximum absolute atomic E-state index is 5.62. The van der Waals surface area contributed by atoms with Crippen molar-refractivity contribution in [2.45, 2.75) is 31.7 Å². The molecule has 26 heavy (non-hydrogen) atoms. The fourth-order valence-corrected chi connectivity index (χ4v) is 4.44. The number of piperidine rings is 1. The molecule has 1 atom stereocenters. The minimum absolute atomic E-state index is 0.428. The van der Waals surface area contributed by atoms with Crippen molar-refractivity contribution in [1.82, 2.24) is 20.4 Å². The molecule has 1 saturated carbocycles. The Morgan fingerprint density at radius 1 is 1.12 bits per heavy atom. The van der Waals surface area contributed by atoms with Crippen molar-refractivity contribution in [2.75, 3.05) is 39.4 Å². The summed E-state index contributed by atoms with van der Waals surface area (Å²) in [4.78, 5) is 7.14. The molecule has 3 heterocycles. The molecule has 1 aromatic heterocycles. The monoisotopic (exact) mass is 354 g/mol. The van der Waals surface area contributed by atoms with Crippen LogP contribution in [0.25, 0.3) is 11.4 Å². The molecule has 1 aromatic carbocycles. The van der Waals surface area contributed by atoms with E-state index in [1.54, 1.807) is 0 Å². The highest BCUT2D eigenvalue weighted by atomic mass is 16.5. The van der Waals surface area contributed by atoms with Crippen LogP contribution in [-0.2, 0) is 11.3 Å². The lowest BCUT2D eigenvalue weighted by Crippen LogP contribution is -2.35. The highest BCUT2D eigenvalue weighted by Gasteiger charge is 2.57. The van der Waals surface area contributed by atoms with Gasteiger partial charge in [-0.3, -0.25) is 4.90 Å². The second kappa shape index (κ2) is 6.76. The molecule has 6 nitrogen and oxygen atoms in total. The first-order valence-electron chi connectivity index (χ1n) is 9.76. The summed E-state index contributed by atoms with van der Waals surface area (Å²) >= 11 is 0. The topological polar surface area (TPSA) is 63.4 Å². The van der Waals surface area contributed by atoms with E-state index in [1.165, 1.54) is 24.8 Å². The standard InChI is InChI=1S/C20H26N4O2/c1-3-16(4-2-15(1)14-24-9-11-25-12-10-24)18-22-19(26-23-18)17-13-20(17)5-7-21-8-6-20/h1-4,17,21H,5-14H2. The second-order valence-electron chi connectivity index (χ2n) is 7.91. The molecule has 2 saturated heterocycles. The number of nitrogens with one attached hydrogen (secondary N) is 1. The van der Waals surface area contributed by atoms with E-state index >= 15 is 0 Å². The molecule has 0 amide bonds. The molecule has 138 valence electrons.